The number of rotatable bonds is 0. The molecule has 0 aliphatic heterocycles. The quantitative estimate of drug-likeness (QED) is 0.387. The van der Waals surface area contributed by atoms with E-state index in [-0.39, 0.29) is 12.1 Å². The first-order chi connectivity index (χ1) is 2.41. The first-order valence-electron chi connectivity index (χ1n) is 1.38. The highest BCUT2D eigenvalue weighted by atomic mass is 16.2. The molecule has 0 fully saturated rings. The van der Waals surface area contributed by atoms with Crippen LogP contribution in [0.1, 0.15) is 6.92 Å². The molecule has 0 saturated heterocycles. The van der Waals surface area contributed by atoms with E-state index in [9.17, 15) is 0 Å². The van der Waals surface area contributed by atoms with E-state index >= 15 is 0 Å². The maximum Gasteiger partial charge on any atom is 0.0402 e. The summed E-state index contributed by atoms with van der Waals surface area (Å²) in [6.45, 7) is 4.43. The van der Waals surface area contributed by atoms with Gasteiger partial charge in [-0.1, -0.05) is 0 Å². The van der Waals surface area contributed by atoms with Crippen LogP contribution in [-0.2, 0) is 0 Å². The summed E-state index contributed by atoms with van der Waals surface area (Å²) < 4.78 is 0. The molecular formula is C3H11NO2. The van der Waals surface area contributed by atoms with Crippen LogP contribution in [0.2, 0.25) is 0 Å². The van der Waals surface area contributed by atoms with E-state index in [0.717, 1.165) is 0 Å². The summed E-state index contributed by atoms with van der Waals surface area (Å²) in [5, 5.41) is 13.1. The second kappa shape index (κ2) is 170. The fourth-order valence-corrected chi connectivity index (χ4v) is 0. The van der Waals surface area contributed by atoms with Crippen molar-refractivity contribution >= 4 is 6.72 Å². The molecule has 0 radical (unpaired) electrons. The average Bonchev–Trinajstić information content (AvgIpc) is 1.46. The minimum absolute atomic E-state index is 0. The summed E-state index contributed by atoms with van der Waals surface area (Å²) in [5.41, 5.74) is 0. The van der Waals surface area contributed by atoms with Crippen molar-refractivity contribution in [3.8, 4) is 0 Å². The molecule has 0 aliphatic rings. The Morgan fingerprint density at radius 3 is 1.67 bits per heavy atom. The first-order valence-corrected chi connectivity index (χ1v) is 1.38. The lowest BCUT2D eigenvalue weighted by Crippen LogP contribution is -1.57. The SMILES string of the molecule is C=N.CCO.O. The molecule has 0 aromatic carbocycles. The molecule has 0 heterocycles. The fraction of sp³-hybridized carbons (Fsp3) is 0.667. The number of aliphatic hydroxyl groups is 1. The lowest BCUT2D eigenvalue weighted by atomic mass is 10.9. The monoisotopic (exact) mass is 93.1 g/mol. The Labute approximate surface area is 37.4 Å². The molecule has 0 saturated carbocycles. The van der Waals surface area contributed by atoms with E-state index in [4.69, 9.17) is 10.5 Å². The van der Waals surface area contributed by atoms with Crippen molar-refractivity contribution in [3.63, 3.8) is 0 Å². The van der Waals surface area contributed by atoms with E-state index in [1.165, 1.54) is 0 Å². The van der Waals surface area contributed by atoms with Gasteiger partial charge in [0.25, 0.3) is 0 Å². The second-order valence-electron chi connectivity index (χ2n) is 0.316. The van der Waals surface area contributed by atoms with Gasteiger partial charge in [0.2, 0.25) is 0 Å². The summed E-state index contributed by atoms with van der Waals surface area (Å²) in [6.07, 6.45) is 0. The Balaban J connectivity index is -0.0000000275. The molecule has 40 valence electrons. The minimum atomic E-state index is 0. The van der Waals surface area contributed by atoms with Gasteiger partial charge in [-0.25, -0.2) is 0 Å². The van der Waals surface area contributed by atoms with E-state index in [2.05, 4.69) is 6.72 Å². The molecule has 0 atom stereocenters. The lowest BCUT2D eigenvalue weighted by Gasteiger charge is -1.52. The second-order valence-corrected chi connectivity index (χ2v) is 0.316. The van der Waals surface area contributed by atoms with Gasteiger partial charge in [0.1, 0.15) is 0 Å². The average molecular weight is 93.1 g/mol. The maximum absolute atomic E-state index is 7.57. The Kier molecular flexibility index (Phi) is 497. The van der Waals surface area contributed by atoms with Gasteiger partial charge in [0, 0.05) is 6.61 Å². The van der Waals surface area contributed by atoms with Crippen molar-refractivity contribution in [2.24, 2.45) is 0 Å². The molecule has 0 spiro atoms. The van der Waals surface area contributed by atoms with E-state index in [1.807, 2.05) is 0 Å². The van der Waals surface area contributed by atoms with E-state index in [0.29, 0.717) is 0 Å². The van der Waals surface area contributed by atoms with Gasteiger partial charge in [-0.3, -0.25) is 0 Å². The highest BCUT2D eigenvalue weighted by molar-refractivity contribution is 5.15. The summed E-state index contributed by atoms with van der Waals surface area (Å²) >= 11 is 0. The highest BCUT2D eigenvalue weighted by Crippen LogP contribution is 1.30. The zero-order chi connectivity index (χ0) is 4.71. The van der Waals surface area contributed by atoms with Crippen molar-refractivity contribution in [2.45, 2.75) is 6.92 Å². The van der Waals surface area contributed by atoms with Crippen LogP contribution in [0.25, 0.3) is 0 Å². The predicted molar refractivity (Wildman–Crippen MR) is 26.2 cm³/mol. The number of nitrogens with one attached hydrogen (secondary N) is 1. The predicted octanol–water partition coefficient (Wildman–Crippen LogP) is -0.560. The minimum Gasteiger partial charge on any atom is -0.412 e. The molecule has 3 nitrogen and oxygen atoms in total. The summed E-state index contributed by atoms with van der Waals surface area (Å²) in [7, 11) is 0. The van der Waals surface area contributed by atoms with Crippen LogP contribution in [0, 0.1) is 5.41 Å². The summed E-state index contributed by atoms with van der Waals surface area (Å²) in [5.74, 6) is 0. The van der Waals surface area contributed by atoms with Crippen molar-refractivity contribution < 1.29 is 10.6 Å². The van der Waals surface area contributed by atoms with Gasteiger partial charge in [-0.05, 0) is 13.6 Å². The standard InChI is InChI=1S/C2H6O.CH3N.H2O/c1-2-3;1-2;/h3H,2H2,1H3;2H,1H2;1H2. The third-order valence-corrected chi connectivity index (χ3v) is 0. The van der Waals surface area contributed by atoms with Gasteiger partial charge in [0.15, 0.2) is 0 Å². The Morgan fingerprint density at radius 1 is 1.67 bits per heavy atom. The Morgan fingerprint density at radius 2 is 1.67 bits per heavy atom. The largest absolute Gasteiger partial charge is 0.412 e. The third kappa shape index (κ3) is 143. The molecule has 0 aromatic heterocycles. The van der Waals surface area contributed by atoms with Crippen LogP contribution in [0.5, 0.6) is 0 Å². The molecule has 0 bridgehead atoms. The van der Waals surface area contributed by atoms with Crippen LogP contribution < -0.4 is 0 Å². The molecule has 0 rings (SSSR count). The highest BCUT2D eigenvalue weighted by Gasteiger charge is 1.34. The molecule has 3 heteroatoms. The van der Waals surface area contributed by atoms with E-state index < -0.39 is 0 Å². The first kappa shape index (κ1) is 17.6. The third-order valence-electron chi connectivity index (χ3n) is 0. The van der Waals surface area contributed by atoms with Crippen molar-refractivity contribution in [1.82, 2.24) is 0 Å². The van der Waals surface area contributed by atoms with Crippen molar-refractivity contribution in [3.05, 3.63) is 0 Å². The number of hydrogen-bond acceptors (Lipinski definition) is 2. The molecule has 0 aliphatic carbocycles. The smallest absolute Gasteiger partial charge is 0.0402 e. The van der Waals surface area contributed by atoms with Crippen LogP contribution in [0.4, 0.5) is 0 Å². The molecular weight excluding hydrogens is 82.0 g/mol. The van der Waals surface area contributed by atoms with E-state index in [1.54, 1.807) is 6.92 Å². The van der Waals surface area contributed by atoms with Gasteiger partial charge in [0.05, 0.1) is 0 Å². The summed E-state index contributed by atoms with van der Waals surface area (Å²) in [4.78, 5) is 0. The van der Waals surface area contributed by atoms with Gasteiger partial charge < -0.3 is 16.0 Å². The molecule has 0 unspecified atom stereocenters. The Bertz CT molecular complexity index is 12.8. The molecule has 6 heavy (non-hydrogen) atoms. The molecule has 0 amide bonds. The van der Waals surface area contributed by atoms with Crippen molar-refractivity contribution in [1.29, 1.82) is 5.41 Å². The summed E-state index contributed by atoms with van der Waals surface area (Å²) in [6, 6.07) is 0. The zero-order valence-electron chi connectivity index (χ0n) is 3.86. The number of hydrogen-bond donors (Lipinski definition) is 2. The van der Waals surface area contributed by atoms with Crippen LogP contribution in [-0.4, -0.2) is 23.9 Å². The van der Waals surface area contributed by atoms with Crippen LogP contribution >= 0.6 is 0 Å². The maximum atomic E-state index is 7.57. The van der Waals surface area contributed by atoms with Gasteiger partial charge >= 0.3 is 0 Å². The fourth-order valence-electron chi connectivity index (χ4n) is 0. The zero-order valence-corrected chi connectivity index (χ0v) is 3.86. The van der Waals surface area contributed by atoms with Crippen molar-refractivity contribution in [2.75, 3.05) is 6.61 Å². The van der Waals surface area contributed by atoms with Gasteiger partial charge in [-0.15, -0.1) is 0 Å². The Hall–Kier alpha value is -0.410. The topological polar surface area (TPSA) is 75.6 Å². The van der Waals surface area contributed by atoms with Gasteiger partial charge in [-0.2, -0.15) is 0 Å². The lowest BCUT2D eigenvalue weighted by molar-refractivity contribution is 0.318. The molecule has 4 N–H and O–H groups in total. The normalized spacial score (nSPS) is 3.67. The van der Waals surface area contributed by atoms with Crippen LogP contribution in [0.15, 0.2) is 0 Å². The number of aliphatic hydroxyl groups excluding tert-OH is 1. The van der Waals surface area contributed by atoms with Crippen LogP contribution in [0.3, 0.4) is 0 Å². The molecule has 0 aromatic rings.